The third-order valence-corrected chi connectivity index (χ3v) is 4.70. The Balaban J connectivity index is 2.04. The summed E-state index contributed by atoms with van der Waals surface area (Å²) in [5.74, 6) is 0.427. The highest BCUT2D eigenvalue weighted by Crippen LogP contribution is 2.26. The van der Waals surface area contributed by atoms with Crippen LogP contribution in [-0.2, 0) is 6.42 Å². The molecular formula is C19H31NO. The summed E-state index contributed by atoms with van der Waals surface area (Å²) in [4.78, 5) is 0. The van der Waals surface area contributed by atoms with Crippen LogP contribution in [0, 0.1) is 5.92 Å². The molecule has 0 aromatic heterocycles. The minimum atomic E-state index is -0.415. The summed E-state index contributed by atoms with van der Waals surface area (Å²) in [6.07, 6.45) is 7.02. The van der Waals surface area contributed by atoms with E-state index in [0.717, 1.165) is 12.0 Å². The fourth-order valence-corrected chi connectivity index (χ4v) is 3.39. The van der Waals surface area contributed by atoms with Gasteiger partial charge in [-0.05, 0) is 36.3 Å². The molecule has 2 nitrogen and oxygen atoms in total. The van der Waals surface area contributed by atoms with Crippen LogP contribution >= 0.6 is 0 Å². The van der Waals surface area contributed by atoms with Crippen LogP contribution in [0.2, 0.25) is 0 Å². The maximum atomic E-state index is 10.8. The van der Waals surface area contributed by atoms with Crippen molar-refractivity contribution in [2.45, 2.75) is 77.5 Å². The van der Waals surface area contributed by atoms with Crippen molar-refractivity contribution in [1.82, 2.24) is 5.32 Å². The Bertz CT molecular complexity index is 406. The predicted octanol–water partition coefficient (Wildman–Crippen LogP) is 4.23. The molecule has 0 saturated heterocycles. The average Bonchev–Trinajstić information content (AvgIpc) is 2.98. The summed E-state index contributed by atoms with van der Waals surface area (Å²) < 4.78 is 0. The molecule has 0 spiro atoms. The molecule has 0 heterocycles. The normalized spacial score (nSPS) is 19.1. The zero-order chi connectivity index (χ0) is 15.2. The van der Waals surface area contributed by atoms with E-state index in [-0.39, 0.29) is 6.04 Å². The van der Waals surface area contributed by atoms with Gasteiger partial charge in [0.05, 0.1) is 6.10 Å². The van der Waals surface area contributed by atoms with Crippen LogP contribution in [0.5, 0.6) is 0 Å². The standard InChI is InChI=1S/C19H31NO/c1-4-7-15-10-12-16(13-11-15)19(21)18(14(2)3)20-17-8-5-6-9-17/h10-14,17-21H,4-9H2,1-3H3. The first-order valence-corrected chi connectivity index (χ1v) is 8.64. The number of rotatable bonds is 7. The second-order valence-corrected chi connectivity index (χ2v) is 6.85. The SMILES string of the molecule is CCCc1ccc(C(O)C(NC2CCCC2)C(C)C)cc1. The van der Waals surface area contributed by atoms with Crippen LogP contribution in [0.4, 0.5) is 0 Å². The molecule has 0 bridgehead atoms. The molecule has 2 N–H and O–H groups in total. The fraction of sp³-hybridized carbons (Fsp3) is 0.684. The number of aliphatic hydroxyl groups excluding tert-OH is 1. The third kappa shape index (κ3) is 4.55. The Kier molecular flexibility index (Phi) is 6.25. The van der Waals surface area contributed by atoms with Gasteiger partial charge in [-0.2, -0.15) is 0 Å². The second-order valence-electron chi connectivity index (χ2n) is 6.85. The van der Waals surface area contributed by atoms with Crippen molar-refractivity contribution < 1.29 is 5.11 Å². The Hall–Kier alpha value is -0.860. The summed E-state index contributed by atoms with van der Waals surface area (Å²) in [5.41, 5.74) is 2.40. The highest BCUT2D eigenvalue weighted by Gasteiger charge is 2.27. The number of benzene rings is 1. The van der Waals surface area contributed by atoms with Gasteiger partial charge in [0.1, 0.15) is 0 Å². The van der Waals surface area contributed by atoms with Gasteiger partial charge < -0.3 is 10.4 Å². The van der Waals surface area contributed by atoms with Gasteiger partial charge in [-0.25, -0.2) is 0 Å². The number of hydrogen-bond acceptors (Lipinski definition) is 2. The van der Waals surface area contributed by atoms with E-state index >= 15 is 0 Å². The summed E-state index contributed by atoms with van der Waals surface area (Å²) >= 11 is 0. The fourth-order valence-electron chi connectivity index (χ4n) is 3.39. The molecule has 1 aliphatic rings. The molecule has 118 valence electrons. The molecule has 0 amide bonds. The minimum absolute atomic E-state index is 0.144. The molecule has 1 saturated carbocycles. The second kappa shape index (κ2) is 7.95. The van der Waals surface area contributed by atoms with Crippen molar-refractivity contribution >= 4 is 0 Å². The number of nitrogens with one attached hydrogen (secondary N) is 1. The molecule has 2 atom stereocenters. The summed E-state index contributed by atoms with van der Waals surface area (Å²) in [6, 6.07) is 9.25. The molecule has 2 heteroatoms. The van der Waals surface area contributed by atoms with Crippen LogP contribution in [0.25, 0.3) is 0 Å². The van der Waals surface area contributed by atoms with Crippen LogP contribution in [-0.4, -0.2) is 17.2 Å². The van der Waals surface area contributed by atoms with Crippen molar-refractivity contribution in [3.05, 3.63) is 35.4 Å². The van der Waals surface area contributed by atoms with Gasteiger partial charge in [0.15, 0.2) is 0 Å². The Morgan fingerprint density at radius 2 is 1.76 bits per heavy atom. The van der Waals surface area contributed by atoms with Gasteiger partial charge in [-0.15, -0.1) is 0 Å². The minimum Gasteiger partial charge on any atom is -0.387 e. The number of hydrogen-bond donors (Lipinski definition) is 2. The van der Waals surface area contributed by atoms with E-state index in [4.69, 9.17) is 0 Å². The van der Waals surface area contributed by atoms with Crippen molar-refractivity contribution in [3.63, 3.8) is 0 Å². The van der Waals surface area contributed by atoms with Gasteiger partial charge in [0.25, 0.3) is 0 Å². The van der Waals surface area contributed by atoms with E-state index in [1.54, 1.807) is 0 Å². The lowest BCUT2D eigenvalue weighted by molar-refractivity contribution is 0.0980. The van der Waals surface area contributed by atoms with Crippen LogP contribution < -0.4 is 5.32 Å². The van der Waals surface area contributed by atoms with Gasteiger partial charge in [-0.3, -0.25) is 0 Å². The molecule has 2 unspecified atom stereocenters. The van der Waals surface area contributed by atoms with Crippen molar-refractivity contribution in [2.24, 2.45) is 5.92 Å². The van der Waals surface area contributed by atoms with Crippen molar-refractivity contribution in [1.29, 1.82) is 0 Å². The summed E-state index contributed by atoms with van der Waals surface area (Å²) in [6.45, 7) is 6.59. The van der Waals surface area contributed by atoms with E-state index in [9.17, 15) is 5.11 Å². The lowest BCUT2D eigenvalue weighted by atomic mass is 9.91. The highest BCUT2D eigenvalue weighted by atomic mass is 16.3. The molecule has 1 aromatic carbocycles. The van der Waals surface area contributed by atoms with Crippen molar-refractivity contribution in [3.8, 4) is 0 Å². The molecule has 2 rings (SSSR count). The zero-order valence-corrected chi connectivity index (χ0v) is 13.8. The van der Waals surface area contributed by atoms with Gasteiger partial charge in [0.2, 0.25) is 0 Å². The number of aryl methyl sites for hydroxylation is 1. The Morgan fingerprint density at radius 3 is 2.29 bits per heavy atom. The molecule has 21 heavy (non-hydrogen) atoms. The van der Waals surface area contributed by atoms with E-state index < -0.39 is 6.10 Å². The maximum Gasteiger partial charge on any atom is 0.0945 e. The molecule has 1 fully saturated rings. The monoisotopic (exact) mass is 289 g/mol. The lowest BCUT2D eigenvalue weighted by Crippen LogP contribution is -2.44. The van der Waals surface area contributed by atoms with Gasteiger partial charge in [0, 0.05) is 12.1 Å². The van der Waals surface area contributed by atoms with E-state index in [1.807, 2.05) is 0 Å². The molecule has 0 radical (unpaired) electrons. The largest absolute Gasteiger partial charge is 0.387 e. The average molecular weight is 289 g/mol. The van der Waals surface area contributed by atoms with Crippen molar-refractivity contribution in [2.75, 3.05) is 0 Å². The first-order chi connectivity index (χ1) is 10.1. The van der Waals surface area contributed by atoms with E-state index in [1.165, 1.54) is 37.7 Å². The van der Waals surface area contributed by atoms with E-state index in [0.29, 0.717) is 12.0 Å². The molecular weight excluding hydrogens is 258 g/mol. The summed E-state index contributed by atoms with van der Waals surface area (Å²) in [5, 5.41) is 14.5. The topological polar surface area (TPSA) is 32.3 Å². The van der Waals surface area contributed by atoms with E-state index in [2.05, 4.69) is 50.4 Å². The van der Waals surface area contributed by atoms with Gasteiger partial charge >= 0.3 is 0 Å². The summed E-state index contributed by atoms with van der Waals surface area (Å²) in [7, 11) is 0. The van der Waals surface area contributed by atoms with Crippen LogP contribution in [0.1, 0.15) is 70.1 Å². The Labute approximate surface area is 130 Å². The molecule has 0 aliphatic heterocycles. The quantitative estimate of drug-likeness (QED) is 0.787. The smallest absolute Gasteiger partial charge is 0.0945 e. The first-order valence-electron chi connectivity index (χ1n) is 8.64. The van der Waals surface area contributed by atoms with Crippen LogP contribution in [0.3, 0.4) is 0 Å². The Morgan fingerprint density at radius 1 is 1.14 bits per heavy atom. The molecule has 1 aliphatic carbocycles. The zero-order valence-electron chi connectivity index (χ0n) is 13.8. The third-order valence-electron chi connectivity index (χ3n) is 4.70. The highest BCUT2D eigenvalue weighted by molar-refractivity contribution is 5.25. The van der Waals surface area contributed by atoms with Gasteiger partial charge in [-0.1, -0.05) is 64.3 Å². The maximum absolute atomic E-state index is 10.8. The number of aliphatic hydroxyl groups is 1. The lowest BCUT2D eigenvalue weighted by Gasteiger charge is -2.31. The van der Waals surface area contributed by atoms with Crippen LogP contribution in [0.15, 0.2) is 24.3 Å². The molecule has 1 aromatic rings. The first kappa shape index (κ1) is 16.5. The predicted molar refractivity (Wildman–Crippen MR) is 89.4 cm³/mol.